The van der Waals surface area contributed by atoms with Gasteiger partial charge in [0.2, 0.25) is 0 Å². The van der Waals surface area contributed by atoms with Gasteiger partial charge in [0.15, 0.2) is 0 Å². The van der Waals surface area contributed by atoms with Gasteiger partial charge in [-0.25, -0.2) is 0 Å². The van der Waals surface area contributed by atoms with Gasteiger partial charge in [-0.05, 0) is 36.4 Å². The number of anilines is 1. The molecule has 0 spiro atoms. The van der Waals surface area contributed by atoms with Gasteiger partial charge in [0.05, 0.1) is 10.0 Å². The molecule has 0 saturated carbocycles. The molecule has 2 aromatic rings. The van der Waals surface area contributed by atoms with Crippen LogP contribution in [0.5, 0.6) is 11.5 Å². The van der Waals surface area contributed by atoms with Crippen LogP contribution in [0.15, 0.2) is 42.5 Å². The average molecular weight is 338 g/mol. The molecular formula is C17H17Cl2NO2. The van der Waals surface area contributed by atoms with Crippen molar-refractivity contribution in [2.75, 3.05) is 18.0 Å². The molecule has 5 heteroatoms. The number of benzene rings is 2. The third-order valence-electron chi connectivity index (χ3n) is 3.85. The smallest absolute Gasteiger partial charge is 0.121 e. The number of halogens is 2. The Morgan fingerprint density at radius 1 is 0.955 bits per heavy atom. The number of rotatable bonds is 3. The first-order valence-corrected chi connectivity index (χ1v) is 8.03. The Labute approximate surface area is 140 Å². The third-order valence-corrected chi connectivity index (χ3v) is 4.59. The maximum Gasteiger partial charge on any atom is 0.121 e. The van der Waals surface area contributed by atoms with E-state index in [1.54, 1.807) is 24.3 Å². The highest BCUT2D eigenvalue weighted by Gasteiger charge is 2.21. The molecule has 0 bridgehead atoms. The SMILES string of the molecule is Oc1ccc(N2CCC(Oc3ccc(Cl)c(Cl)c3)CC2)cc1. The molecule has 1 N–H and O–H groups in total. The molecule has 3 rings (SSSR count). The largest absolute Gasteiger partial charge is 0.508 e. The number of phenolic OH excluding ortho intramolecular Hbond substituents is 1. The van der Waals surface area contributed by atoms with Crippen molar-refractivity contribution in [3.8, 4) is 11.5 Å². The number of hydrogen-bond acceptors (Lipinski definition) is 3. The van der Waals surface area contributed by atoms with Crippen LogP contribution in [0.25, 0.3) is 0 Å². The molecule has 1 fully saturated rings. The fourth-order valence-corrected chi connectivity index (χ4v) is 2.93. The standard InChI is InChI=1S/C17H17Cl2NO2/c18-16-6-5-15(11-17(16)19)22-14-7-9-20(10-8-14)12-1-3-13(21)4-2-12/h1-6,11,14,21H,7-10H2. The summed E-state index contributed by atoms with van der Waals surface area (Å²) < 4.78 is 5.98. The molecule has 0 unspecified atom stereocenters. The molecule has 0 aromatic heterocycles. The van der Waals surface area contributed by atoms with E-state index in [4.69, 9.17) is 27.9 Å². The summed E-state index contributed by atoms with van der Waals surface area (Å²) in [6.45, 7) is 1.85. The lowest BCUT2D eigenvalue weighted by atomic mass is 10.1. The minimum absolute atomic E-state index is 0.186. The van der Waals surface area contributed by atoms with Crippen LogP contribution in [0.4, 0.5) is 5.69 Å². The number of nitrogens with zero attached hydrogens (tertiary/aromatic N) is 1. The van der Waals surface area contributed by atoms with Crippen molar-refractivity contribution in [2.45, 2.75) is 18.9 Å². The summed E-state index contributed by atoms with van der Waals surface area (Å²) in [6, 6.07) is 12.7. The number of phenols is 1. The van der Waals surface area contributed by atoms with Crippen molar-refractivity contribution in [3.05, 3.63) is 52.5 Å². The first-order valence-electron chi connectivity index (χ1n) is 7.27. The topological polar surface area (TPSA) is 32.7 Å². The van der Waals surface area contributed by atoms with Crippen LogP contribution in [-0.2, 0) is 0 Å². The highest BCUT2D eigenvalue weighted by Crippen LogP contribution is 2.29. The summed E-state index contributed by atoms with van der Waals surface area (Å²) in [5, 5.41) is 10.4. The van der Waals surface area contributed by atoms with Crippen molar-refractivity contribution in [1.82, 2.24) is 0 Å². The van der Waals surface area contributed by atoms with Crippen LogP contribution in [0.3, 0.4) is 0 Å². The van der Waals surface area contributed by atoms with E-state index in [0.717, 1.165) is 37.4 Å². The van der Waals surface area contributed by atoms with Gasteiger partial charge in [0.1, 0.15) is 17.6 Å². The highest BCUT2D eigenvalue weighted by atomic mass is 35.5. The highest BCUT2D eigenvalue weighted by molar-refractivity contribution is 6.42. The molecule has 0 amide bonds. The van der Waals surface area contributed by atoms with E-state index in [0.29, 0.717) is 15.8 Å². The maximum absolute atomic E-state index is 9.34. The number of aromatic hydroxyl groups is 1. The summed E-state index contributed by atoms with van der Waals surface area (Å²) in [4.78, 5) is 2.30. The predicted octanol–water partition coefficient (Wildman–Crippen LogP) is 4.75. The zero-order valence-electron chi connectivity index (χ0n) is 12.0. The molecule has 0 atom stereocenters. The molecule has 3 nitrogen and oxygen atoms in total. The lowest BCUT2D eigenvalue weighted by Crippen LogP contribution is -2.38. The molecule has 1 aliphatic rings. The van der Waals surface area contributed by atoms with E-state index in [1.165, 1.54) is 0 Å². The Kier molecular flexibility index (Phi) is 4.65. The fraction of sp³-hybridized carbons (Fsp3) is 0.294. The molecule has 0 radical (unpaired) electrons. The normalized spacial score (nSPS) is 15.8. The summed E-state index contributed by atoms with van der Waals surface area (Å²) in [5.41, 5.74) is 1.13. The van der Waals surface area contributed by atoms with Crippen molar-refractivity contribution in [2.24, 2.45) is 0 Å². The van der Waals surface area contributed by atoms with Crippen molar-refractivity contribution >= 4 is 28.9 Å². The second-order valence-electron chi connectivity index (χ2n) is 5.40. The van der Waals surface area contributed by atoms with E-state index >= 15 is 0 Å². The van der Waals surface area contributed by atoms with Crippen LogP contribution in [-0.4, -0.2) is 24.3 Å². The monoisotopic (exact) mass is 337 g/mol. The van der Waals surface area contributed by atoms with Crippen molar-refractivity contribution in [1.29, 1.82) is 0 Å². The minimum Gasteiger partial charge on any atom is -0.508 e. The Morgan fingerprint density at radius 3 is 2.27 bits per heavy atom. The third kappa shape index (κ3) is 3.60. The number of hydrogen-bond donors (Lipinski definition) is 1. The Bertz CT molecular complexity index is 638. The second kappa shape index (κ2) is 6.67. The van der Waals surface area contributed by atoms with Gasteiger partial charge in [0.25, 0.3) is 0 Å². The summed E-state index contributed by atoms with van der Waals surface area (Å²) in [6.07, 6.45) is 2.08. The lowest BCUT2D eigenvalue weighted by molar-refractivity contribution is 0.171. The van der Waals surface area contributed by atoms with Gasteiger partial charge in [-0.3, -0.25) is 0 Å². The van der Waals surface area contributed by atoms with E-state index in [2.05, 4.69) is 4.90 Å². The van der Waals surface area contributed by atoms with Gasteiger partial charge < -0.3 is 14.7 Å². The van der Waals surface area contributed by atoms with Crippen LogP contribution in [0.1, 0.15) is 12.8 Å². The molecule has 1 heterocycles. The Morgan fingerprint density at radius 2 is 1.64 bits per heavy atom. The first kappa shape index (κ1) is 15.3. The number of piperidine rings is 1. The van der Waals surface area contributed by atoms with E-state index in [-0.39, 0.29) is 6.10 Å². The predicted molar refractivity (Wildman–Crippen MR) is 90.4 cm³/mol. The fourth-order valence-electron chi connectivity index (χ4n) is 2.64. The Hall–Kier alpha value is -1.58. The summed E-state index contributed by atoms with van der Waals surface area (Å²) >= 11 is 11.9. The zero-order valence-corrected chi connectivity index (χ0v) is 13.5. The quantitative estimate of drug-likeness (QED) is 0.877. The van der Waals surface area contributed by atoms with Gasteiger partial charge in [-0.15, -0.1) is 0 Å². The maximum atomic E-state index is 9.34. The first-order chi connectivity index (χ1) is 10.6. The van der Waals surface area contributed by atoms with Crippen molar-refractivity contribution in [3.63, 3.8) is 0 Å². The summed E-state index contributed by atoms with van der Waals surface area (Å²) in [5.74, 6) is 1.05. The second-order valence-corrected chi connectivity index (χ2v) is 6.21. The van der Waals surface area contributed by atoms with Crippen LogP contribution < -0.4 is 9.64 Å². The van der Waals surface area contributed by atoms with Crippen LogP contribution in [0.2, 0.25) is 10.0 Å². The zero-order chi connectivity index (χ0) is 15.5. The molecular weight excluding hydrogens is 321 g/mol. The molecule has 1 saturated heterocycles. The lowest BCUT2D eigenvalue weighted by Gasteiger charge is -2.33. The summed E-state index contributed by atoms with van der Waals surface area (Å²) in [7, 11) is 0. The van der Waals surface area contributed by atoms with Gasteiger partial charge in [-0.1, -0.05) is 23.2 Å². The van der Waals surface area contributed by atoms with Gasteiger partial charge >= 0.3 is 0 Å². The van der Waals surface area contributed by atoms with E-state index < -0.39 is 0 Å². The van der Waals surface area contributed by atoms with E-state index in [1.807, 2.05) is 18.2 Å². The number of ether oxygens (including phenoxy) is 1. The average Bonchev–Trinajstić information content (AvgIpc) is 2.53. The molecule has 2 aromatic carbocycles. The van der Waals surface area contributed by atoms with Crippen LogP contribution >= 0.6 is 23.2 Å². The molecule has 1 aliphatic heterocycles. The molecule has 22 heavy (non-hydrogen) atoms. The van der Waals surface area contributed by atoms with Crippen LogP contribution in [0, 0.1) is 0 Å². The minimum atomic E-state index is 0.186. The van der Waals surface area contributed by atoms with Crippen molar-refractivity contribution < 1.29 is 9.84 Å². The molecule has 116 valence electrons. The van der Waals surface area contributed by atoms with Gasteiger partial charge in [-0.2, -0.15) is 0 Å². The van der Waals surface area contributed by atoms with E-state index in [9.17, 15) is 5.11 Å². The van der Waals surface area contributed by atoms with Gasteiger partial charge in [0, 0.05) is 37.7 Å². The molecule has 0 aliphatic carbocycles. The Balaban J connectivity index is 1.57.